The predicted octanol–water partition coefficient (Wildman–Crippen LogP) is 6.23. The Labute approximate surface area is 257 Å². The van der Waals surface area contributed by atoms with E-state index in [0.717, 1.165) is 12.8 Å². The second-order valence-electron chi connectivity index (χ2n) is 10.4. The number of piperidine rings is 1. The third-order valence-corrected chi connectivity index (χ3v) is 8.32. The summed E-state index contributed by atoms with van der Waals surface area (Å²) in [6.07, 6.45) is 1.77. The molecule has 1 aromatic heterocycles. The second kappa shape index (κ2) is 11.9. The lowest BCUT2D eigenvalue weighted by Gasteiger charge is -2.32. The molecule has 3 heterocycles. The maximum atomic E-state index is 14.9. The number of likely N-dealkylation sites (tertiary alicyclic amines) is 1. The standard InChI is InChI=1S/C31H27Cl2F2N7O/c1-37-17-9-11-42(12-10-17)30(43)20-8-6-18(14-23(20)33)39-31-40-27-19-7-5-16(32)13-21(19)28(38-15-22(27)29(36)41-31)26-24(34)3-2-4-25(26)35/h2-8,13-14,17,37H,9-12,15H2,1H3,(H3,36,39,40,41). The number of carbonyl (C=O) groups excluding carboxylic acids is 1. The largest absolute Gasteiger partial charge is 0.383 e. The predicted molar refractivity (Wildman–Crippen MR) is 165 cm³/mol. The lowest BCUT2D eigenvalue weighted by molar-refractivity contribution is 0.0707. The van der Waals surface area contributed by atoms with Crippen LogP contribution in [0.3, 0.4) is 0 Å². The number of hydrogen-bond acceptors (Lipinski definition) is 7. The number of aliphatic imine (C=N–C) groups is 1. The van der Waals surface area contributed by atoms with Gasteiger partial charge < -0.3 is 21.3 Å². The number of nitrogens with two attached hydrogens (primary N) is 1. The van der Waals surface area contributed by atoms with Crippen LogP contribution in [0.5, 0.6) is 0 Å². The van der Waals surface area contributed by atoms with Crippen molar-refractivity contribution in [2.24, 2.45) is 4.99 Å². The first-order valence-corrected chi connectivity index (χ1v) is 14.5. The summed E-state index contributed by atoms with van der Waals surface area (Å²) in [5.74, 6) is -1.30. The minimum absolute atomic E-state index is 0.00887. The molecular formula is C31H27Cl2F2N7O. The van der Waals surface area contributed by atoms with E-state index in [1.165, 1.54) is 18.2 Å². The van der Waals surface area contributed by atoms with Crippen LogP contribution in [0.25, 0.3) is 11.3 Å². The SMILES string of the molecule is CNC1CCN(C(=O)c2ccc(Nc3nc(N)c4c(n3)-c3ccc(Cl)cc3C(c3c(F)cccc3F)=NC4)cc2Cl)CC1. The van der Waals surface area contributed by atoms with E-state index in [2.05, 4.69) is 20.6 Å². The van der Waals surface area contributed by atoms with Gasteiger partial charge in [0.2, 0.25) is 5.95 Å². The van der Waals surface area contributed by atoms with E-state index < -0.39 is 11.6 Å². The Morgan fingerprint density at radius 1 is 1.00 bits per heavy atom. The molecule has 0 atom stereocenters. The molecule has 0 aliphatic carbocycles. The van der Waals surface area contributed by atoms with E-state index >= 15 is 0 Å². The first-order chi connectivity index (χ1) is 20.7. The van der Waals surface area contributed by atoms with Gasteiger partial charge in [0.05, 0.1) is 34.1 Å². The number of hydrogen-bond donors (Lipinski definition) is 3. The van der Waals surface area contributed by atoms with Crippen molar-refractivity contribution in [2.45, 2.75) is 25.4 Å². The zero-order chi connectivity index (χ0) is 30.2. The zero-order valence-corrected chi connectivity index (χ0v) is 24.6. The van der Waals surface area contributed by atoms with Gasteiger partial charge in [-0.15, -0.1) is 0 Å². The summed E-state index contributed by atoms with van der Waals surface area (Å²) in [6.45, 7) is 1.31. The van der Waals surface area contributed by atoms with Crippen molar-refractivity contribution in [1.29, 1.82) is 0 Å². The Morgan fingerprint density at radius 3 is 2.44 bits per heavy atom. The van der Waals surface area contributed by atoms with Gasteiger partial charge in [0.25, 0.3) is 5.91 Å². The second-order valence-corrected chi connectivity index (χ2v) is 11.2. The number of benzene rings is 3. The third-order valence-electron chi connectivity index (χ3n) is 7.77. The molecule has 12 heteroatoms. The van der Waals surface area contributed by atoms with Gasteiger partial charge in [-0.3, -0.25) is 9.79 Å². The summed E-state index contributed by atoms with van der Waals surface area (Å²) < 4.78 is 29.7. The molecule has 3 aromatic carbocycles. The summed E-state index contributed by atoms with van der Waals surface area (Å²) in [4.78, 5) is 28.6. The van der Waals surface area contributed by atoms with Crippen molar-refractivity contribution in [3.63, 3.8) is 0 Å². The van der Waals surface area contributed by atoms with E-state index in [1.807, 2.05) is 11.9 Å². The number of carbonyl (C=O) groups is 1. The fraction of sp³-hybridized carbons (Fsp3) is 0.226. The van der Waals surface area contributed by atoms with Crippen LogP contribution in [-0.4, -0.2) is 52.7 Å². The van der Waals surface area contributed by atoms with Gasteiger partial charge in [0.15, 0.2) is 0 Å². The van der Waals surface area contributed by atoms with E-state index in [4.69, 9.17) is 33.9 Å². The number of nitrogens with one attached hydrogen (secondary N) is 2. The molecule has 4 aromatic rings. The molecule has 0 saturated carbocycles. The number of amides is 1. The molecular weight excluding hydrogens is 595 g/mol. The van der Waals surface area contributed by atoms with Gasteiger partial charge in [-0.2, -0.15) is 4.98 Å². The minimum Gasteiger partial charge on any atom is -0.383 e. The number of fused-ring (bicyclic) bond motifs is 3. The number of nitrogens with zero attached hydrogens (tertiary/aromatic N) is 4. The zero-order valence-electron chi connectivity index (χ0n) is 23.1. The van der Waals surface area contributed by atoms with Gasteiger partial charge in [-0.1, -0.05) is 35.3 Å². The van der Waals surface area contributed by atoms with E-state index in [9.17, 15) is 13.6 Å². The molecule has 220 valence electrons. The van der Waals surface area contributed by atoms with E-state index in [1.54, 1.807) is 36.4 Å². The van der Waals surface area contributed by atoms with Crippen LogP contribution in [0.2, 0.25) is 10.0 Å². The molecule has 0 bridgehead atoms. The van der Waals surface area contributed by atoms with Gasteiger partial charge in [0.1, 0.15) is 17.5 Å². The lowest BCUT2D eigenvalue weighted by atomic mass is 9.94. The smallest absolute Gasteiger partial charge is 0.255 e. The van der Waals surface area contributed by atoms with E-state index in [-0.39, 0.29) is 35.5 Å². The topological polar surface area (TPSA) is 109 Å². The normalized spacial score (nSPS) is 14.9. The number of rotatable bonds is 5. The molecule has 1 saturated heterocycles. The number of nitrogen functional groups attached to an aromatic ring is 1. The summed E-state index contributed by atoms with van der Waals surface area (Å²) in [6, 6.07) is 14.0. The van der Waals surface area contributed by atoms with Crippen molar-refractivity contribution in [3.05, 3.63) is 98.5 Å². The van der Waals surface area contributed by atoms with Gasteiger partial charge in [-0.25, -0.2) is 13.8 Å². The fourth-order valence-electron chi connectivity index (χ4n) is 5.47. The highest BCUT2D eigenvalue weighted by Crippen LogP contribution is 2.37. The monoisotopic (exact) mass is 621 g/mol. The van der Waals surface area contributed by atoms with Crippen LogP contribution in [-0.2, 0) is 6.54 Å². The van der Waals surface area contributed by atoms with Crippen molar-refractivity contribution >= 4 is 52.3 Å². The maximum Gasteiger partial charge on any atom is 0.255 e. The average Bonchev–Trinajstić information content (AvgIpc) is 3.14. The fourth-order valence-corrected chi connectivity index (χ4v) is 5.91. The minimum atomic E-state index is -0.752. The van der Waals surface area contributed by atoms with Gasteiger partial charge in [0, 0.05) is 46.5 Å². The quantitative estimate of drug-likeness (QED) is 0.244. The molecule has 43 heavy (non-hydrogen) atoms. The molecule has 1 fully saturated rings. The average molecular weight is 623 g/mol. The third kappa shape index (κ3) is 5.65. The Balaban J connectivity index is 1.32. The molecule has 0 spiro atoms. The van der Waals surface area contributed by atoms with Crippen LogP contribution in [0.4, 0.5) is 26.2 Å². The van der Waals surface area contributed by atoms with Gasteiger partial charge >= 0.3 is 0 Å². The summed E-state index contributed by atoms with van der Waals surface area (Å²) >= 11 is 12.9. The van der Waals surface area contributed by atoms with Crippen molar-refractivity contribution < 1.29 is 13.6 Å². The van der Waals surface area contributed by atoms with Crippen LogP contribution in [0.15, 0.2) is 59.6 Å². The summed E-state index contributed by atoms with van der Waals surface area (Å²) in [5, 5.41) is 7.03. The number of aromatic nitrogens is 2. The Bertz CT molecular complexity index is 1750. The molecule has 2 aliphatic heterocycles. The first-order valence-electron chi connectivity index (χ1n) is 13.7. The Kier molecular flexibility index (Phi) is 8.00. The highest BCUT2D eigenvalue weighted by molar-refractivity contribution is 6.34. The van der Waals surface area contributed by atoms with Crippen molar-refractivity contribution in [3.8, 4) is 11.3 Å². The summed E-state index contributed by atoms with van der Waals surface area (Å²) in [5.41, 5.74) is 9.06. The van der Waals surface area contributed by atoms with Crippen molar-refractivity contribution in [1.82, 2.24) is 20.2 Å². The first kappa shape index (κ1) is 29.0. The molecule has 6 rings (SSSR count). The highest BCUT2D eigenvalue weighted by atomic mass is 35.5. The number of halogens is 4. The molecule has 0 unspecified atom stereocenters. The van der Waals surface area contributed by atoms with Crippen molar-refractivity contribution in [2.75, 3.05) is 31.2 Å². The van der Waals surface area contributed by atoms with E-state index in [0.29, 0.717) is 62.8 Å². The Hall–Kier alpha value is -4.12. The molecule has 8 nitrogen and oxygen atoms in total. The Morgan fingerprint density at radius 2 is 1.74 bits per heavy atom. The lowest BCUT2D eigenvalue weighted by Crippen LogP contribution is -2.44. The molecule has 4 N–H and O–H groups in total. The van der Waals surface area contributed by atoms with Crippen LogP contribution < -0.4 is 16.4 Å². The summed E-state index contributed by atoms with van der Waals surface area (Å²) in [7, 11) is 1.93. The molecule has 2 aliphatic rings. The molecule has 1 amide bonds. The number of anilines is 3. The highest BCUT2D eigenvalue weighted by Gasteiger charge is 2.27. The van der Waals surface area contributed by atoms with Gasteiger partial charge in [-0.05, 0) is 62.4 Å². The molecule has 0 radical (unpaired) electrons. The van der Waals surface area contributed by atoms with Crippen LogP contribution in [0, 0.1) is 11.6 Å². The van der Waals surface area contributed by atoms with Crippen LogP contribution >= 0.6 is 23.2 Å². The van der Waals surface area contributed by atoms with Crippen LogP contribution in [0.1, 0.15) is 39.9 Å². The maximum absolute atomic E-state index is 14.9.